The topological polar surface area (TPSA) is 95.9 Å². The van der Waals surface area contributed by atoms with Gasteiger partial charge in [-0.25, -0.2) is 0 Å². The number of nitrogens with one attached hydrogen (secondary N) is 1. The molecule has 2 atom stereocenters. The molecule has 0 radical (unpaired) electrons. The second-order valence-corrected chi connectivity index (χ2v) is 25.6. The van der Waals surface area contributed by atoms with Gasteiger partial charge in [-0.05, 0) is 57.8 Å². The maximum atomic E-state index is 12.5. The lowest BCUT2D eigenvalue weighted by Gasteiger charge is -2.22. The molecule has 3 N–H and O–H groups in total. The van der Waals surface area contributed by atoms with Crippen LogP contribution in [-0.2, 0) is 14.3 Å². The summed E-state index contributed by atoms with van der Waals surface area (Å²) in [7, 11) is 0. The van der Waals surface area contributed by atoms with E-state index in [9.17, 15) is 19.8 Å². The molecule has 0 aliphatic carbocycles. The lowest BCUT2D eigenvalue weighted by Crippen LogP contribution is -2.45. The predicted molar refractivity (Wildman–Crippen MR) is 356 cm³/mol. The van der Waals surface area contributed by atoms with E-state index in [1.165, 1.54) is 340 Å². The van der Waals surface area contributed by atoms with Crippen LogP contribution in [-0.4, -0.2) is 47.4 Å². The van der Waals surface area contributed by atoms with E-state index in [1.54, 1.807) is 0 Å². The Labute approximate surface area is 507 Å². The monoisotopic (exact) mass is 1140 g/mol. The standard InChI is InChI=1S/C75H145NO5/c1-3-5-7-9-11-13-15-16-17-18-38-41-44-48-51-55-59-63-67-73(78)72(71-77)76-74(79)68-64-60-56-52-49-45-42-39-36-34-32-30-28-26-24-22-20-19-21-23-25-27-29-31-33-35-37-40-43-46-50-54-58-62-66-70-81-75(80)69-65-61-57-53-47-14-12-10-8-6-4-2/h21,23,27,29,72-73,77-78H,3-20,22,24-26,28,30-71H2,1-2H3,(H,76,79)/b23-21-,29-27-. The summed E-state index contributed by atoms with van der Waals surface area (Å²) in [4.78, 5) is 24.5. The van der Waals surface area contributed by atoms with Gasteiger partial charge in [0.25, 0.3) is 0 Å². The maximum Gasteiger partial charge on any atom is 0.305 e. The molecule has 480 valence electrons. The number of carbonyl (C=O) groups is 2. The molecule has 0 aliphatic rings. The normalized spacial score (nSPS) is 12.6. The minimum Gasteiger partial charge on any atom is -0.466 e. The third kappa shape index (κ3) is 67.3. The van der Waals surface area contributed by atoms with Crippen molar-refractivity contribution < 1.29 is 24.5 Å². The first-order valence-corrected chi connectivity index (χ1v) is 37.1. The predicted octanol–water partition coefficient (Wildman–Crippen LogP) is 24.1. The van der Waals surface area contributed by atoms with Crippen LogP contribution in [0.4, 0.5) is 0 Å². The molecule has 0 aromatic heterocycles. The summed E-state index contributed by atoms with van der Waals surface area (Å²) >= 11 is 0. The van der Waals surface area contributed by atoms with Crippen molar-refractivity contribution in [3.05, 3.63) is 24.3 Å². The van der Waals surface area contributed by atoms with Gasteiger partial charge in [0.05, 0.1) is 25.4 Å². The molecular weight excluding hydrogens is 995 g/mol. The summed E-state index contributed by atoms with van der Waals surface area (Å²) in [6, 6.07) is -0.540. The number of esters is 1. The smallest absolute Gasteiger partial charge is 0.305 e. The van der Waals surface area contributed by atoms with Crippen LogP contribution in [0.25, 0.3) is 0 Å². The van der Waals surface area contributed by atoms with Crippen molar-refractivity contribution in [2.24, 2.45) is 0 Å². The van der Waals surface area contributed by atoms with Gasteiger partial charge < -0.3 is 20.3 Å². The number of amides is 1. The Hall–Kier alpha value is -1.66. The zero-order chi connectivity index (χ0) is 58.5. The van der Waals surface area contributed by atoms with Gasteiger partial charge in [-0.1, -0.05) is 372 Å². The number of allylic oxidation sites excluding steroid dienone is 4. The molecule has 0 aromatic rings. The van der Waals surface area contributed by atoms with Crippen molar-refractivity contribution >= 4 is 11.9 Å². The van der Waals surface area contributed by atoms with Gasteiger partial charge in [-0.2, -0.15) is 0 Å². The number of carbonyl (C=O) groups excluding carboxylic acids is 2. The molecule has 0 aromatic carbocycles. The maximum absolute atomic E-state index is 12.5. The molecule has 0 spiro atoms. The molecular formula is C75H145NO5. The second kappa shape index (κ2) is 70.8. The Bertz CT molecular complexity index is 1270. The molecule has 0 heterocycles. The van der Waals surface area contributed by atoms with Gasteiger partial charge in [0.2, 0.25) is 5.91 Å². The van der Waals surface area contributed by atoms with Crippen molar-refractivity contribution in [1.29, 1.82) is 0 Å². The van der Waals surface area contributed by atoms with E-state index in [1.807, 2.05) is 0 Å². The highest BCUT2D eigenvalue weighted by Crippen LogP contribution is 2.19. The fourth-order valence-corrected chi connectivity index (χ4v) is 11.9. The van der Waals surface area contributed by atoms with E-state index in [0.29, 0.717) is 25.9 Å². The molecule has 2 unspecified atom stereocenters. The quantitative estimate of drug-likeness (QED) is 0.0320. The molecule has 0 bridgehead atoms. The van der Waals surface area contributed by atoms with Crippen molar-refractivity contribution in [2.45, 2.75) is 431 Å². The Morgan fingerprint density at radius 1 is 0.346 bits per heavy atom. The molecule has 0 rings (SSSR count). The van der Waals surface area contributed by atoms with Crippen LogP contribution >= 0.6 is 0 Å². The van der Waals surface area contributed by atoms with Gasteiger partial charge in [0, 0.05) is 12.8 Å². The first-order valence-electron chi connectivity index (χ1n) is 37.1. The molecule has 6 heteroatoms. The first kappa shape index (κ1) is 79.3. The third-order valence-corrected chi connectivity index (χ3v) is 17.5. The van der Waals surface area contributed by atoms with Crippen LogP contribution in [0.15, 0.2) is 24.3 Å². The van der Waals surface area contributed by atoms with E-state index < -0.39 is 12.1 Å². The number of aliphatic hydroxyl groups excluding tert-OH is 2. The van der Waals surface area contributed by atoms with E-state index in [4.69, 9.17) is 4.74 Å². The van der Waals surface area contributed by atoms with Gasteiger partial charge in [0.1, 0.15) is 0 Å². The van der Waals surface area contributed by atoms with Gasteiger partial charge in [0.15, 0.2) is 0 Å². The number of ether oxygens (including phenoxy) is 1. The minimum atomic E-state index is -0.663. The van der Waals surface area contributed by atoms with Gasteiger partial charge in [-0.15, -0.1) is 0 Å². The Kier molecular flexibility index (Phi) is 69.4. The van der Waals surface area contributed by atoms with E-state index >= 15 is 0 Å². The highest BCUT2D eigenvalue weighted by molar-refractivity contribution is 5.76. The Morgan fingerprint density at radius 3 is 0.938 bits per heavy atom. The van der Waals surface area contributed by atoms with Crippen LogP contribution in [0.2, 0.25) is 0 Å². The number of rotatable bonds is 70. The largest absolute Gasteiger partial charge is 0.466 e. The van der Waals surface area contributed by atoms with Gasteiger partial charge in [-0.3, -0.25) is 9.59 Å². The highest BCUT2D eigenvalue weighted by Gasteiger charge is 2.20. The fraction of sp³-hybridized carbons (Fsp3) is 0.920. The number of hydrogen-bond acceptors (Lipinski definition) is 5. The lowest BCUT2D eigenvalue weighted by molar-refractivity contribution is -0.143. The summed E-state index contributed by atoms with van der Waals surface area (Å²) < 4.78 is 5.47. The Balaban J connectivity index is 3.37. The molecule has 0 aliphatic heterocycles. The number of unbranched alkanes of at least 4 members (excludes halogenated alkanes) is 55. The zero-order valence-corrected chi connectivity index (χ0v) is 55.0. The van der Waals surface area contributed by atoms with Crippen LogP contribution in [0.5, 0.6) is 0 Å². The highest BCUT2D eigenvalue weighted by atomic mass is 16.5. The molecule has 81 heavy (non-hydrogen) atoms. The van der Waals surface area contributed by atoms with Crippen LogP contribution in [0.1, 0.15) is 418 Å². The average Bonchev–Trinajstić information content (AvgIpc) is 3.47. The molecule has 0 fully saturated rings. The van der Waals surface area contributed by atoms with Crippen molar-refractivity contribution in [3.63, 3.8) is 0 Å². The molecule has 1 amide bonds. The molecule has 6 nitrogen and oxygen atoms in total. The number of hydrogen-bond donors (Lipinski definition) is 3. The average molecular weight is 1140 g/mol. The summed E-state index contributed by atoms with van der Waals surface area (Å²) in [5.41, 5.74) is 0. The van der Waals surface area contributed by atoms with Crippen molar-refractivity contribution in [3.8, 4) is 0 Å². The van der Waals surface area contributed by atoms with Gasteiger partial charge >= 0.3 is 5.97 Å². The summed E-state index contributed by atoms with van der Waals surface area (Å²) in [5.74, 6) is -0.0113. The summed E-state index contributed by atoms with van der Waals surface area (Å²) in [6.45, 7) is 4.99. The fourth-order valence-electron chi connectivity index (χ4n) is 11.9. The lowest BCUT2D eigenvalue weighted by atomic mass is 10.0. The van der Waals surface area contributed by atoms with E-state index in [-0.39, 0.29) is 18.5 Å². The second-order valence-electron chi connectivity index (χ2n) is 25.6. The van der Waals surface area contributed by atoms with E-state index in [0.717, 1.165) is 44.9 Å². The third-order valence-electron chi connectivity index (χ3n) is 17.5. The van der Waals surface area contributed by atoms with Crippen molar-refractivity contribution in [1.82, 2.24) is 5.32 Å². The van der Waals surface area contributed by atoms with Crippen molar-refractivity contribution in [2.75, 3.05) is 13.2 Å². The first-order chi connectivity index (χ1) is 40.0. The van der Waals surface area contributed by atoms with Crippen LogP contribution in [0, 0.1) is 0 Å². The minimum absolute atomic E-state index is 0.0171. The summed E-state index contributed by atoms with van der Waals surface area (Å²) in [5, 5.41) is 23.4. The zero-order valence-electron chi connectivity index (χ0n) is 55.0. The molecule has 0 saturated carbocycles. The van der Waals surface area contributed by atoms with E-state index in [2.05, 4.69) is 43.5 Å². The SMILES string of the molecule is CCCCCCCCCCCCCCCCCCCCC(O)C(CO)NC(=O)CCCCCCCCCCCCCCCCCCC/C=C\C/C=C\CCCCCCCCCCCCCOC(=O)CCCCCCCCCCCCC. The Morgan fingerprint density at radius 2 is 0.617 bits per heavy atom. The van der Waals surface area contributed by atoms with Crippen LogP contribution in [0.3, 0.4) is 0 Å². The summed E-state index contributed by atoms with van der Waals surface area (Å²) in [6.07, 6.45) is 89.6. The molecule has 0 saturated heterocycles. The number of aliphatic hydroxyl groups is 2. The van der Waals surface area contributed by atoms with Crippen LogP contribution < -0.4 is 5.32 Å².